The molecule has 2 aromatic rings. The van der Waals surface area contributed by atoms with Crippen LogP contribution >= 0.6 is 0 Å². The number of hydrogen-bond acceptors (Lipinski definition) is 5. The molecule has 2 N–H and O–H groups in total. The zero-order valence-electron chi connectivity index (χ0n) is 16.2. The monoisotopic (exact) mass is 407 g/mol. The summed E-state index contributed by atoms with van der Waals surface area (Å²) in [5.41, 5.74) is -0.979. The molecule has 0 amide bonds. The Morgan fingerprint density at radius 3 is 2.69 bits per heavy atom. The van der Waals surface area contributed by atoms with Crippen molar-refractivity contribution in [3.05, 3.63) is 34.1 Å². The summed E-state index contributed by atoms with van der Waals surface area (Å²) in [6.07, 6.45) is 1.91. The molecule has 0 bridgehead atoms. The van der Waals surface area contributed by atoms with E-state index in [9.17, 15) is 14.0 Å². The summed E-state index contributed by atoms with van der Waals surface area (Å²) in [5.74, 6) is -1.82. The smallest absolute Gasteiger partial charge is 0.449 e. The SMILES string of the molecule is CNC(C)C1CCN(c2c(F)cc3c(=O)c(OC(=O)O)cn(C4CC4)c3c2F)C1. The second kappa shape index (κ2) is 7.29. The predicted molar refractivity (Wildman–Crippen MR) is 104 cm³/mol. The van der Waals surface area contributed by atoms with Crippen LogP contribution in [0.1, 0.15) is 32.2 Å². The van der Waals surface area contributed by atoms with E-state index in [-0.39, 0.29) is 34.6 Å². The lowest BCUT2D eigenvalue weighted by atomic mass is 10.0. The van der Waals surface area contributed by atoms with Crippen molar-refractivity contribution in [2.75, 3.05) is 25.0 Å². The Hall–Kier alpha value is -2.68. The van der Waals surface area contributed by atoms with Crippen LogP contribution in [-0.4, -0.2) is 42.0 Å². The van der Waals surface area contributed by atoms with Crippen molar-refractivity contribution >= 4 is 22.7 Å². The van der Waals surface area contributed by atoms with Crippen LogP contribution in [0.25, 0.3) is 10.9 Å². The summed E-state index contributed by atoms with van der Waals surface area (Å²) in [7, 11) is 1.86. The number of nitrogens with zero attached hydrogens (tertiary/aromatic N) is 2. The zero-order valence-corrected chi connectivity index (χ0v) is 16.2. The lowest BCUT2D eigenvalue weighted by molar-refractivity contribution is 0.143. The molecule has 0 spiro atoms. The van der Waals surface area contributed by atoms with Crippen LogP contribution in [0.2, 0.25) is 0 Å². The van der Waals surface area contributed by atoms with E-state index in [1.165, 1.54) is 10.8 Å². The number of carboxylic acid groups (broad SMARTS) is 1. The van der Waals surface area contributed by atoms with Crippen molar-refractivity contribution in [2.24, 2.45) is 5.92 Å². The van der Waals surface area contributed by atoms with Gasteiger partial charge in [-0.3, -0.25) is 4.79 Å². The molecule has 1 saturated heterocycles. The number of ether oxygens (including phenoxy) is 1. The number of aromatic nitrogens is 1. The van der Waals surface area contributed by atoms with E-state index in [0.29, 0.717) is 13.1 Å². The Kier molecular flexibility index (Phi) is 4.94. The highest BCUT2D eigenvalue weighted by atomic mass is 19.1. The van der Waals surface area contributed by atoms with E-state index in [1.54, 1.807) is 4.90 Å². The van der Waals surface area contributed by atoms with Crippen LogP contribution in [0.5, 0.6) is 5.75 Å². The molecule has 2 heterocycles. The molecule has 1 aliphatic carbocycles. The second-order valence-electron chi connectivity index (χ2n) is 7.82. The molecule has 2 aliphatic rings. The summed E-state index contributed by atoms with van der Waals surface area (Å²) in [5, 5.41) is 11.8. The quantitative estimate of drug-likeness (QED) is 0.741. The fourth-order valence-corrected chi connectivity index (χ4v) is 4.14. The first-order chi connectivity index (χ1) is 13.8. The van der Waals surface area contributed by atoms with Gasteiger partial charge in [-0.05, 0) is 45.2 Å². The predicted octanol–water partition coefficient (Wildman–Crippen LogP) is 3.11. The molecular weight excluding hydrogens is 384 g/mol. The summed E-state index contributed by atoms with van der Waals surface area (Å²) < 4.78 is 36.6. The van der Waals surface area contributed by atoms with Gasteiger partial charge in [0.25, 0.3) is 0 Å². The van der Waals surface area contributed by atoms with Crippen LogP contribution in [0.4, 0.5) is 19.3 Å². The van der Waals surface area contributed by atoms with Gasteiger partial charge in [-0.2, -0.15) is 0 Å². The van der Waals surface area contributed by atoms with Gasteiger partial charge in [0.15, 0.2) is 11.6 Å². The number of hydrogen-bond donors (Lipinski definition) is 2. The van der Waals surface area contributed by atoms with Crippen LogP contribution in [-0.2, 0) is 0 Å². The summed E-state index contributed by atoms with van der Waals surface area (Å²) in [6.45, 7) is 3.06. The number of carbonyl (C=O) groups is 1. The number of pyridine rings is 1. The number of benzene rings is 1. The minimum atomic E-state index is -1.65. The van der Waals surface area contributed by atoms with Gasteiger partial charge in [0.05, 0.1) is 17.1 Å². The molecule has 2 unspecified atom stereocenters. The minimum absolute atomic E-state index is 0.00301. The van der Waals surface area contributed by atoms with Gasteiger partial charge in [0.1, 0.15) is 11.5 Å². The topological polar surface area (TPSA) is 83.8 Å². The largest absolute Gasteiger partial charge is 0.511 e. The lowest BCUT2D eigenvalue weighted by Gasteiger charge is -2.24. The van der Waals surface area contributed by atoms with Crippen LogP contribution in [0.3, 0.4) is 0 Å². The van der Waals surface area contributed by atoms with Crippen molar-refractivity contribution < 1.29 is 23.4 Å². The van der Waals surface area contributed by atoms with E-state index in [0.717, 1.165) is 25.3 Å². The van der Waals surface area contributed by atoms with Crippen LogP contribution < -0.4 is 20.4 Å². The first-order valence-corrected chi connectivity index (χ1v) is 9.71. The Labute approximate surface area is 165 Å². The van der Waals surface area contributed by atoms with Gasteiger partial charge in [-0.15, -0.1) is 0 Å². The van der Waals surface area contributed by atoms with E-state index >= 15 is 4.39 Å². The Morgan fingerprint density at radius 1 is 1.34 bits per heavy atom. The molecule has 0 radical (unpaired) electrons. The van der Waals surface area contributed by atoms with Crippen molar-refractivity contribution in [2.45, 2.75) is 38.3 Å². The Bertz CT molecular complexity index is 1030. The average Bonchev–Trinajstić information content (AvgIpc) is 3.41. The van der Waals surface area contributed by atoms with Crippen molar-refractivity contribution in [1.29, 1.82) is 0 Å². The molecule has 156 valence electrons. The first-order valence-electron chi connectivity index (χ1n) is 9.71. The maximum Gasteiger partial charge on any atom is 0.511 e. The van der Waals surface area contributed by atoms with Crippen molar-refractivity contribution in [3.63, 3.8) is 0 Å². The van der Waals surface area contributed by atoms with Gasteiger partial charge in [-0.25, -0.2) is 13.6 Å². The van der Waals surface area contributed by atoms with Gasteiger partial charge >= 0.3 is 6.16 Å². The number of nitrogens with one attached hydrogen (secondary N) is 1. The van der Waals surface area contributed by atoms with Gasteiger partial charge in [0, 0.05) is 25.2 Å². The third-order valence-corrected chi connectivity index (χ3v) is 5.99. The van der Waals surface area contributed by atoms with Gasteiger partial charge in [-0.1, -0.05) is 0 Å². The summed E-state index contributed by atoms with van der Waals surface area (Å²) in [4.78, 5) is 25.2. The van der Waals surface area contributed by atoms with E-state index in [2.05, 4.69) is 10.1 Å². The molecule has 2 fully saturated rings. The van der Waals surface area contributed by atoms with E-state index in [4.69, 9.17) is 5.11 Å². The number of anilines is 1. The zero-order chi connectivity index (χ0) is 20.9. The lowest BCUT2D eigenvalue weighted by Crippen LogP contribution is -2.33. The Balaban J connectivity index is 1.86. The molecule has 29 heavy (non-hydrogen) atoms. The molecule has 7 nitrogen and oxygen atoms in total. The van der Waals surface area contributed by atoms with Crippen molar-refractivity contribution in [1.82, 2.24) is 9.88 Å². The van der Waals surface area contributed by atoms with Crippen LogP contribution in [0, 0.1) is 17.6 Å². The first kappa shape index (κ1) is 19.6. The average molecular weight is 407 g/mol. The summed E-state index contributed by atoms with van der Waals surface area (Å²) in [6, 6.07) is 1.14. The maximum absolute atomic E-state index is 15.6. The Morgan fingerprint density at radius 2 is 2.07 bits per heavy atom. The standard InChI is InChI=1S/C20H23F2N3O4/c1-10(23-2)11-5-6-24(8-11)18-14(21)7-13-17(16(18)22)25(12-3-4-12)9-15(19(13)26)29-20(27)28/h7,9-12,23H,3-6,8H2,1-2H3,(H,27,28). The molecule has 9 heteroatoms. The molecule has 2 atom stereocenters. The third kappa shape index (κ3) is 3.43. The highest BCUT2D eigenvalue weighted by molar-refractivity contribution is 5.86. The maximum atomic E-state index is 15.6. The molecular formula is C20H23F2N3O4. The molecule has 1 aromatic carbocycles. The van der Waals surface area contributed by atoms with Crippen molar-refractivity contribution in [3.8, 4) is 5.75 Å². The van der Waals surface area contributed by atoms with Crippen LogP contribution in [0.15, 0.2) is 17.1 Å². The normalized spacial score (nSPS) is 20.3. The van der Waals surface area contributed by atoms with E-state index < -0.39 is 29.0 Å². The fourth-order valence-electron chi connectivity index (χ4n) is 4.14. The molecule has 1 aromatic heterocycles. The van der Waals surface area contributed by atoms with Gasteiger partial charge in [0.2, 0.25) is 5.43 Å². The minimum Gasteiger partial charge on any atom is -0.449 e. The number of fused-ring (bicyclic) bond motifs is 1. The van der Waals surface area contributed by atoms with E-state index in [1.807, 2.05) is 14.0 Å². The fraction of sp³-hybridized carbons (Fsp3) is 0.500. The summed E-state index contributed by atoms with van der Waals surface area (Å²) >= 11 is 0. The van der Waals surface area contributed by atoms with Gasteiger partial charge < -0.3 is 24.6 Å². The third-order valence-electron chi connectivity index (χ3n) is 5.99. The molecule has 1 saturated carbocycles. The molecule has 1 aliphatic heterocycles. The second-order valence-corrected chi connectivity index (χ2v) is 7.82. The highest BCUT2D eigenvalue weighted by Gasteiger charge is 2.33. The number of halogens is 2. The molecule has 4 rings (SSSR count). The highest BCUT2D eigenvalue weighted by Crippen LogP contribution is 2.41. The number of rotatable bonds is 5.